The van der Waals surface area contributed by atoms with E-state index in [1.807, 2.05) is 13.1 Å². The average molecular weight is 405 g/mol. The summed E-state index contributed by atoms with van der Waals surface area (Å²) in [5, 5.41) is 7.99. The first kappa shape index (κ1) is 15.8. The van der Waals surface area contributed by atoms with Crippen molar-refractivity contribution in [1.82, 2.24) is 15.1 Å². The number of hydrogen-bond donors (Lipinski definition) is 1. The average Bonchev–Trinajstić information content (AvgIpc) is 3.00. The maximum Gasteiger partial charge on any atom is 0.173 e. The fraction of sp³-hybridized carbons (Fsp3) is 0.500. The topological polar surface area (TPSA) is 43.0 Å². The number of halogens is 2. The molecule has 2 aromatic rings. The normalized spacial score (nSPS) is 12.8. The van der Waals surface area contributed by atoms with Crippen LogP contribution >= 0.6 is 31.9 Å². The summed E-state index contributed by atoms with van der Waals surface area (Å²) in [6.07, 6.45) is 3.49. The quantitative estimate of drug-likeness (QED) is 0.788. The van der Waals surface area contributed by atoms with Crippen molar-refractivity contribution < 1.29 is 4.42 Å². The first-order chi connectivity index (χ1) is 9.62. The molecule has 2 rings (SSSR count). The highest BCUT2D eigenvalue weighted by Gasteiger charge is 2.21. The Morgan fingerprint density at radius 2 is 2.15 bits per heavy atom. The standard InChI is InChI=1S/C14H19Br2N3O/c1-4-10-13(15)12(19(5-2)18-10)8-11(17-3)9-6-7-20-14(9)16/h6-7,11,17H,4-5,8H2,1-3H3. The van der Waals surface area contributed by atoms with Gasteiger partial charge in [0.05, 0.1) is 22.1 Å². The van der Waals surface area contributed by atoms with Crippen LogP contribution in [0.2, 0.25) is 0 Å². The Labute approximate surface area is 136 Å². The van der Waals surface area contributed by atoms with Gasteiger partial charge in [0, 0.05) is 24.6 Å². The van der Waals surface area contributed by atoms with Gasteiger partial charge in [-0.05, 0) is 58.3 Å². The molecule has 0 radical (unpaired) electrons. The molecule has 20 heavy (non-hydrogen) atoms. The van der Waals surface area contributed by atoms with E-state index in [0.29, 0.717) is 0 Å². The van der Waals surface area contributed by atoms with Crippen molar-refractivity contribution >= 4 is 31.9 Å². The van der Waals surface area contributed by atoms with Gasteiger partial charge in [0.15, 0.2) is 4.67 Å². The van der Waals surface area contributed by atoms with Gasteiger partial charge in [0.25, 0.3) is 0 Å². The van der Waals surface area contributed by atoms with Crippen LogP contribution in [0, 0.1) is 0 Å². The zero-order valence-corrected chi connectivity index (χ0v) is 15.1. The summed E-state index contributed by atoms with van der Waals surface area (Å²) in [4.78, 5) is 0. The van der Waals surface area contributed by atoms with Gasteiger partial charge in [0.1, 0.15) is 0 Å². The Hall–Kier alpha value is -0.590. The van der Waals surface area contributed by atoms with E-state index in [9.17, 15) is 0 Å². The number of furan rings is 1. The molecule has 2 heterocycles. The van der Waals surface area contributed by atoms with Gasteiger partial charge in [-0.15, -0.1) is 0 Å². The molecule has 1 unspecified atom stereocenters. The Bertz CT molecular complexity index is 577. The molecule has 0 aliphatic carbocycles. The van der Waals surface area contributed by atoms with E-state index in [2.05, 4.69) is 60.8 Å². The minimum absolute atomic E-state index is 0.186. The van der Waals surface area contributed by atoms with Gasteiger partial charge in [-0.2, -0.15) is 5.10 Å². The lowest BCUT2D eigenvalue weighted by atomic mass is 10.0. The van der Waals surface area contributed by atoms with Crippen LogP contribution in [0.4, 0.5) is 0 Å². The zero-order valence-electron chi connectivity index (χ0n) is 11.9. The molecule has 6 heteroatoms. The number of likely N-dealkylation sites (N-methyl/N-ethyl adjacent to an activating group) is 1. The summed E-state index contributed by atoms with van der Waals surface area (Å²) >= 11 is 7.15. The predicted molar refractivity (Wildman–Crippen MR) is 86.9 cm³/mol. The number of nitrogens with one attached hydrogen (secondary N) is 1. The van der Waals surface area contributed by atoms with Crippen molar-refractivity contribution in [2.24, 2.45) is 0 Å². The second kappa shape index (κ2) is 6.91. The second-order valence-corrected chi connectivity index (χ2v) is 6.08. The number of hydrogen-bond acceptors (Lipinski definition) is 3. The number of nitrogens with zero attached hydrogens (tertiary/aromatic N) is 2. The fourth-order valence-corrected chi connectivity index (χ4v) is 3.57. The highest BCUT2D eigenvalue weighted by Crippen LogP contribution is 2.30. The molecule has 1 N–H and O–H groups in total. The largest absolute Gasteiger partial charge is 0.457 e. The van der Waals surface area contributed by atoms with Crippen LogP contribution in [-0.4, -0.2) is 16.8 Å². The lowest BCUT2D eigenvalue weighted by Crippen LogP contribution is -2.20. The third-order valence-electron chi connectivity index (χ3n) is 3.46. The number of aromatic nitrogens is 2. The molecule has 0 aliphatic heterocycles. The van der Waals surface area contributed by atoms with E-state index in [0.717, 1.165) is 39.8 Å². The van der Waals surface area contributed by atoms with E-state index >= 15 is 0 Å². The van der Waals surface area contributed by atoms with Gasteiger partial charge in [-0.25, -0.2) is 0 Å². The van der Waals surface area contributed by atoms with Gasteiger partial charge in [0.2, 0.25) is 0 Å². The van der Waals surface area contributed by atoms with Crippen LogP contribution in [-0.2, 0) is 19.4 Å². The van der Waals surface area contributed by atoms with E-state index in [4.69, 9.17) is 4.42 Å². The van der Waals surface area contributed by atoms with E-state index in [-0.39, 0.29) is 6.04 Å². The Morgan fingerprint density at radius 3 is 2.65 bits per heavy atom. The van der Waals surface area contributed by atoms with Crippen LogP contribution in [0.15, 0.2) is 25.9 Å². The summed E-state index contributed by atoms with van der Waals surface area (Å²) < 4.78 is 9.32. The molecule has 0 fully saturated rings. The monoisotopic (exact) mass is 403 g/mol. The van der Waals surface area contributed by atoms with Crippen molar-refractivity contribution in [1.29, 1.82) is 0 Å². The Morgan fingerprint density at radius 1 is 1.40 bits per heavy atom. The van der Waals surface area contributed by atoms with Crippen LogP contribution in [0.3, 0.4) is 0 Å². The second-order valence-electron chi connectivity index (χ2n) is 4.57. The number of rotatable bonds is 6. The van der Waals surface area contributed by atoms with Gasteiger partial charge < -0.3 is 9.73 Å². The lowest BCUT2D eigenvalue weighted by Gasteiger charge is -2.16. The summed E-state index contributed by atoms with van der Waals surface area (Å²) in [5.74, 6) is 0. The summed E-state index contributed by atoms with van der Waals surface area (Å²) in [5.41, 5.74) is 3.46. The zero-order chi connectivity index (χ0) is 14.7. The van der Waals surface area contributed by atoms with Crippen molar-refractivity contribution in [3.05, 3.63) is 38.4 Å². The molecule has 110 valence electrons. The van der Waals surface area contributed by atoms with E-state index in [1.54, 1.807) is 6.26 Å². The first-order valence-corrected chi connectivity index (χ1v) is 8.35. The van der Waals surface area contributed by atoms with Crippen LogP contribution < -0.4 is 5.32 Å². The van der Waals surface area contributed by atoms with Crippen molar-refractivity contribution in [2.75, 3.05) is 7.05 Å². The van der Waals surface area contributed by atoms with Crippen LogP contribution in [0.1, 0.15) is 36.8 Å². The fourth-order valence-electron chi connectivity index (χ4n) is 2.33. The molecule has 4 nitrogen and oxygen atoms in total. The molecule has 0 aliphatic rings. The van der Waals surface area contributed by atoms with E-state index < -0.39 is 0 Å². The summed E-state index contributed by atoms with van der Waals surface area (Å²) in [7, 11) is 1.96. The highest BCUT2D eigenvalue weighted by molar-refractivity contribution is 9.10. The molecule has 2 aromatic heterocycles. The van der Waals surface area contributed by atoms with Gasteiger partial charge >= 0.3 is 0 Å². The maximum atomic E-state index is 5.34. The van der Waals surface area contributed by atoms with Crippen molar-refractivity contribution in [2.45, 2.75) is 39.3 Å². The summed E-state index contributed by atoms with van der Waals surface area (Å²) in [6, 6.07) is 2.18. The first-order valence-electron chi connectivity index (χ1n) is 6.76. The molecular formula is C14H19Br2N3O. The molecule has 0 bridgehead atoms. The SMILES string of the molecule is CCc1nn(CC)c(CC(NC)c2ccoc2Br)c1Br. The Kier molecular flexibility index (Phi) is 5.46. The van der Waals surface area contributed by atoms with Crippen molar-refractivity contribution in [3.63, 3.8) is 0 Å². The molecule has 1 atom stereocenters. The third kappa shape index (κ3) is 3.02. The Balaban J connectivity index is 2.32. The lowest BCUT2D eigenvalue weighted by molar-refractivity contribution is 0.506. The predicted octanol–water partition coefficient (Wildman–Crippen LogP) is 4.09. The highest BCUT2D eigenvalue weighted by atomic mass is 79.9. The molecule has 0 saturated heterocycles. The van der Waals surface area contributed by atoms with Crippen LogP contribution in [0.5, 0.6) is 0 Å². The smallest absolute Gasteiger partial charge is 0.173 e. The molecular weight excluding hydrogens is 386 g/mol. The molecule has 0 aromatic carbocycles. The van der Waals surface area contributed by atoms with E-state index in [1.165, 1.54) is 5.69 Å². The van der Waals surface area contributed by atoms with Crippen LogP contribution in [0.25, 0.3) is 0 Å². The van der Waals surface area contributed by atoms with Crippen molar-refractivity contribution in [3.8, 4) is 0 Å². The maximum absolute atomic E-state index is 5.34. The van der Waals surface area contributed by atoms with Gasteiger partial charge in [-0.3, -0.25) is 4.68 Å². The minimum Gasteiger partial charge on any atom is -0.457 e. The third-order valence-corrected chi connectivity index (χ3v) is 5.02. The molecule has 0 spiro atoms. The minimum atomic E-state index is 0.186. The molecule has 0 saturated carbocycles. The number of aryl methyl sites for hydroxylation is 2. The molecule has 0 amide bonds. The summed E-state index contributed by atoms with van der Waals surface area (Å²) in [6.45, 7) is 5.11. The van der Waals surface area contributed by atoms with Gasteiger partial charge in [-0.1, -0.05) is 6.92 Å².